The largest absolute Gasteiger partial charge is 0.341 e. The lowest BCUT2D eigenvalue weighted by molar-refractivity contribution is -0.133. The highest BCUT2D eigenvalue weighted by Gasteiger charge is 2.23. The summed E-state index contributed by atoms with van der Waals surface area (Å²) in [7, 11) is 0. The van der Waals surface area contributed by atoms with Crippen molar-refractivity contribution >= 4 is 11.8 Å². The van der Waals surface area contributed by atoms with Gasteiger partial charge in [0.1, 0.15) is 6.04 Å². The van der Waals surface area contributed by atoms with E-state index in [9.17, 15) is 9.59 Å². The Morgan fingerprint density at radius 1 is 1.32 bits per heavy atom. The second-order valence-corrected chi connectivity index (χ2v) is 4.82. The van der Waals surface area contributed by atoms with Crippen molar-refractivity contribution in [2.45, 2.75) is 32.2 Å². The molecule has 0 unspecified atom stereocenters. The Kier molecular flexibility index (Phi) is 4.49. The molecule has 0 saturated carbocycles. The van der Waals surface area contributed by atoms with Crippen molar-refractivity contribution < 1.29 is 9.59 Å². The fourth-order valence-corrected chi connectivity index (χ4v) is 2.23. The fraction of sp³-hybridized carbons (Fsp3) is 0.500. The van der Waals surface area contributed by atoms with Gasteiger partial charge in [0.2, 0.25) is 5.91 Å². The van der Waals surface area contributed by atoms with Crippen LogP contribution < -0.4 is 5.32 Å². The number of rotatable bonds is 3. The van der Waals surface area contributed by atoms with Gasteiger partial charge in [-0.3, -0.25) is 14.6 Å². The zero-order valence-electron chi connectivity index (χ0n) is 11.1. The van der Waals surface area contributed by atoms with Gasteiger partial charge in [-0.15, -0.1) is 0 Å². The zero-order chi connectivity index (χ0) is 13.7. The summed E-state index contributed by atoms with van der Waals surface area (Å²) < 4.78 is 0. The second kappa shape index (κ2) is 6.31. The zero-order valence-corrected chi connectivity index (χ0v) is 11.1. The van der Waals surface area contributed by atoms with Crippen molar-refractivity contribution in [2.75, 3.05) is 13.1 Å². The molecule has 2 amide bonds. The molecule has 5 heteroatoms. The van der Waals surface area contributed by atoms with Crippen LogP contribution in [-0.2, 0) is 4.79 Å². The predicted octanol–water partition coefficient (Wildman–Crippen LogP) is 1.21. The summed E-state index contributed by atoms with van der Waals surface area (Å²) in [6, 6.07) is 2.89. The first-order chi connectivity index (χ1) is 9.18. The van der Waals surface area contributed by atoms with Crippen LogP contribution in [0.3, 0.4) is 0 Å². The van der Waals surface area contributed by atoms with Crippen molar-refractivity contribution in [3.05, 3.63) is 30.1 Å². The molecular formula is C14H19N3O2. The van der Waals surface area contributed by atoms with Crippen molar-refractivity contribution in [3.63, 3.8) is 0 Å². The van der Waals surface area contributed by atoms with E-state index in [-0.39, 0.29) is 11.8 Å². The molecule has 19 heavy (non-hydrogen) atoms. The standard InChI is InChI=1S/C14H19N3O2/c1-11(14(19)17-8-3-2-4-9-17)16-13(18)12-6-5-7-15-10-12/h5-7,10-11H,2-4,8-9H2,1H3,(H,16,18)/t11-/m0/s1. The molecule has 2 rings (SSSR count). The van der Waals surface area contributed by atoms with Crippen molar-refractivity contribution in [2.24, 2.45) is 0 Å². The summed E-state index contributed by atoms with van der Waals surface area (Å²) >= 11 is 0. The Bertz CT molecular complexity index is 441. The minimum Gasteiger partial charge on any atom is -0.341 e. The highest BCUT2D eigenvalue weighted by atomic mass is 16.2. The van der Waals surface area contributed by atoms with Gasteiger partial charge in [0.05, 0.1) is 5.56 Å². The third kappa shape index (κ3) is 3.53. The van der Waals surface area contributed by atoms with E-state index in [1.165, 1.54) is 12.6 Å². The maximum absolute atomic E-state index is 12.2. The number of carbonyl (C=O) groups excluding carboxylic acids is 2. The maximum Gasteiger partial charge on any atom is 0.253 e. The lowest BCUT2D eigenvalue weighted by atomic mass is 10.1. The third-order valence-corrected chi connectivity index (χ3v) is 3.31. The average molecular weight is 261 g/mol. The maximum atomic E-state index is 12.2. The molecule has 0 aliphatic carbocycles. The molecule has 1 aliphatic rings. The lowest BCUT2D eigenvalue weighted by Gasteiger charge is -2.29. The van der Waals surface area contributed by atoms with Crippen LogP contribution in [0.25, 0.3) is 0 Å². The van der Waals surface area contributed by atoms with E-state index >= 15 is 0 Å². The molecule has 1 saturated heterocycles. The van der Waals surface area contributed by atoms with Crippen molar-refractivity contribution in [1.29, 1.82) is 0 Å². The average Bonchev–Trinajstić information content (AvgIpc) is 2.48. The number of carbonyl (C=O) groups is 2. The SMILES string of the molecule is C[C@H](NC(=O)c1cccnc1)C(=O)N1CCCCC1. The van der Waals surface area contributed by atoms with E-state index in [4.69, 9.17) is 0 Å². The Morgan fingerprint density at radius 2 is 2.05 bits per heavy atom. The number of aromatic nitrogens is 1. The summed E-state index contributed by atoms with van der Waals surface area (Å²) in [4.78, 5) is 29.8. The Morgan fingerprint density at radius 3 is 2.68 bits per heavy atom. The van der Waals surface area contributed by atoms with E-state index in [2.05, 4.69) is 10.3 Å². The number of amides is 2. The molecule has 0 radical (unpaired) electrons. The van der Waals surface area contributed by atoms with Gasteiger partial charge in [-0.25, -0.2) is 0 Å². The van der Waals surface area contributed by atoms with E-state index < -0.39 is 6.04 Å². The molecule has 5 nitrogen and oxygen atoms in total. The first-order valence-corrected chi connectivity index (χ1v) is 6.68. The van der Waals surface area contributed by atoms with E-state index in [1.54, 1.807) is 25.3 Å². The quantitative estimate of drug-likeness (QED) is 0.889. The first-order valence-electron chi connectivity index (χ1n) is 6.68. The minimum atomic E-state index is -0.495. The summed E-state index contributed by atoms with van der Waals surface area (Å²) in [5.74, 6) is -0.261. The van der Waals surface area contributed by atoms with Gasteiger partial charge in [0.25, 0.3) is 5.91 Å². The Hall–Kier alpha value is -1.91. The van der Waals surface area contributed by atoms with Gasteiger partial charge in [0, 0.05) is 25.5 Å². The molecule has 1 atom stereocenters. The van der Waals surface area contributed by atoms with Gasteiger partial charge < -0.3 is 10.2 Å². The van der Waals surface area contributed by atoms with Crippen molar-refractivity contribution in [1.82, 2.24) is 15.2 Å². The third-order valence-electron chi connectivity index (χ3n) is 3.31. The van der Waals surface area contributed by atoms with Crippen LogP contribution in [0.5, 0.6) is 0 Å². The number of piperidine rings is 1. The Balaban J connectivity index is 1.91. The molecular weight excluding hydrogens is 242 g/mol. The van der Waals surface area contributed by atoms with Gasteiger partial charge in [-0.2, -0.15) is 0 Å². The molecule has 2 heterocycles. The van der Waals surface area contributed by atoms with Gasteiger partial charge in [-0.1, -0.05) is 0 Å². The second-order valence-electron chi connectivity index (χ2n) is 4.82. The molecule has 1 aromatic rings. The van der Waals surface area contributed by atoms with Crippen LogP contribution in [0.4, 0.5) is 0 Å². The van der Waals surface area contributed by atoms with Crippen LogP contribution in [0.15, 0.2) is 24.5 Å². The summed E-state index contributed by atoms with van der Waals surface area (Å²) in [6.07, 6.45) is 6.39. The normalized spacial score (nSPS) is 16.8. The van der Waals surface area contributed by atoms with Crippen LogP contribution in [0.1, 0.15) is 36.5 Å². The molecule has 0 spiro atoms. The minimum absolute atomic E-state index is 0.00283. The molecule has 1 aliphatic heterocycles. The number of pyridine rings is 1. The summed E-state index contributed by atoms with van der Waals surface area (Å²) in [5.41, 5.74) is 0.473. The molecule has 0 aromatic carbocycles. The van der Waals surface area contributed by atoms with E-state index in [0.29, 0.717) is 5.56 Å². The number of nitrogens with zero attached hydrogens (tertiary/aromatic N) is 2. The number of hydrogen-bond donors (Lipinski definition) is 1. The predicted molar refractivity (Wildman–Crippen MR) is 71.6 cm³/mol. The van der Waals surface area contributed by atoms with E-state index in [1.807, 2.05) is 4.90 Å². The van der Waals surface area contributed by atoms with Gasteiger partial charge in [-0.05, 0) is 38.3 Å². The van der Waals surface area contributed by atoms with Gasteiger partial charge in [0.15, 0.2) is 0 Å². The summed E-state index contributed by atoms with van der Waals surface area (Å²) in [5, 5.41) is 2.72. The number of nitrogens with one attached hydrogen (secondary N) is 1. The molecule has 1 fully saturated rings. The molecule has 0 bridgehead atoms. The highest BCUT2D eigenvalue weighted by Crippen LogP contribution is 2.10. The molecule has 102 valence electrons. The topological polar surface area (TPSA) is 62.3 Å². The molecule has 1 aromatic heterocycles. The Labute approximate surface area is 113 Å². The van der Waals surface area contributed by atoms with Gasteiger partial charge >= 0.3 is 0 Å². The van der Waals surface area contributed by atoms with Crippen LogP contribution in [0, 0.1) is 0 Å². The van der Waals surface area contributed by atoms with E-state index in [0.717, 1.165) is 25.9 Å². The molecule has 1 N–H and O–H groups in total. The van der Waals surface area contributed by atoms with Crippen molar-refractivity contribution in [3.8, 4) is 0 Å². The number of hydrogen-bond acceptors (Lipinski definition) is 3. The lowest BCUT2D eigenvalue weighted by Crippen LogP contribution is -2.48. The van der Waals surface area contributed by atoms with Crippen LogP contribution in [-0.4, -0.2) is 40.8 Å². The smallest absolute Gasteiger partial charge is 0.253 e. The number of likely N-dealkylation sites (tertiary alicyclic amines) is 1. The van der Waals surface area contributed by atoms with Crippen LogP contribution >= 0.6 is 0 Å². The van der Waals surface area contributed by atoms with Crippen LogP contribution in [0.2, 0.25) is 0 Å². The first kappa shape index (κ1) is 13.5. The summed E-state index contributed by atoms with van der Waals surface area (Å²) in [6.45, 7) is 3.32. The monoisotopic (exact) mass is 261 g/mol. The fourth-order valence-electron chi connectivity index (χ4n) is 2.23. The highest BCUT2D eigenvalue weighted by molar-refractivity contribution is 5.97.